The van der Waals surface area contributed by atoms with E-state index >= 15 is 0 Å². The number of carbonyl (C=O) groups excluding carboxylic acids is 1. The normalized spacial score (nSPS) is 18.2. The van der Waals surface area contributed by atoms with Crippen molar-refractivity contribution in [1.82, 2.24) is 25.1 Å². The summed E-state index contributed by atoms with van der Waals surface area (Å²) in [6.45, 7) is 4.76. The number of hydrogen-bond donors (Lipinski definition) is 2. The van der Waals surface area contributed by atoms with Gasteiger partial charge in [-0.25, -0.2) is 9.37 Å². The molecular formula is C26H29F4N5O. The Morgan fingerprint density at radius 1 is 1.03 bits per heavy atom. The van der Waals surface area contributed by atoms with Crippen LogP contribution in [-0.2, 0) is 12.6 Å². The average Bonchev–Trinajstić information content (AvgIpc) is 3.31. The molecule has 36 heavy (non-hydrogen) atoms. The molecular weight excluding hydrogens is 474 g/mol. The van der Waals surface area contributed by atoms with Crippen LogP contribution in [0.1, 0.15) is 46.1 Å². The number of fused-ring (bicyclic) bond motifs is 1. The molecule has 2 saturated heterocycles. The number of nitrogens with zero attached hydrogens (tertiary/aromatic N) is 3. The van der Waals surface area contributed by atoms with Gasteiger partial charge in [-0.3, -0.25) is 9.69 Å². The number of H-pyrrole nitrogens is 1. The van der Waals surface area contributed by atoms with E-state index in [1.54, 1.807) is 4.90 Å². The predicted octanol–water partition coefficient (Wildman–Crippen LogP) is 4.19. The molecule has 5 rings (SSSR count). The Balaban J connectivity index is 1.16. The number of imidazole rings is 1. The van der Waals surface area contributed by atoms with Gasteiger partial charge < -0.3 is 15.2 Å². The number of piperidine rings is 1. The van der Waals surface area contributed by atoms with Crippen molar-refractivity contribution < 1.29 is 22.4 Å². The van der Waals surface area contributed by atoms with Crippen molar-refractivity contribution >= 4 is 16.9 Å². The summed E-state index contributed by atoms with van der Waals surface area (Å²) in [5.41, 5.74) is 2.18. The molecule has 2 fully saturated rings. The van der Waals surface area contributed by atoms with E-state index in [1.165, 1.54) is 11.6 Å². The van der Waals surface area contributed by atoms with Crippen LogP contribution in [0, 0.1) is 5.82 Å². The molecule has 1 aromatic heterocycles. The Labute approximate surface area is 206 Å². The Morgan fingerprint density at radius 3 is 2.47 bits per heavy atom. The van der Waals surface area contributed by atoms with Crippen LogP contribution in [0.15, 0.2) is 36.4 Å². The maximum atomic E-state index is 14.1. The molecule has 0 bridgehead atoms. The van der Waals surface area contributed by atoms with E-state index in [0.717, 1.165) is 43.0 Å². The van der Waals surface area contributed by atoms with Crippen LogP contribution in [0.4, 0.5) is 17.6 Å². The highest BCUT2D eigenvalue weighted by Crippen LogP contribution is 2.30. The maximum Gasteiger partial charge on any atom is 0.416 e. The summed E-state index contributed by atoms with van der Waals surface area (Å²) in [5.74, 6) is -0.148. The zero-order valence-corrected chi connectivity index (χ0v) is 19.9. The quantitative estimate of drug-likeness (QED) is 0.513. The van der Waals surface area contributed by atoms with Crippen molar-refractivity contribution in [2.45, 2.75) is 31.4 Å². The summed E-state index contributed by atoms with van der Waals surface area (Å²) in [6.07, 6.45) is -2.05. The first-order valence-corrected chi connectivity index (χ1v) is 12.4. The number of amides is 1. The first-order chi connectivity index (χ1) is 17.3. The minimum absolute atomic E-state index is 0.150. The van der Waals surface area contributed by atoms with Crippen LogP contribution in [0.25, 0.3) is 11.0 Å². The van der Waals surface area contributed by atoms with Crippen molar-refractivity contribution in [3.05, 3.63) is 64.7 Å². The monoisotopic (exact) mass is 503 g/mol. The summed E-state index contributed by atoms with van der Waals surface area (Å²) >= 11 is 0. The van der Waals surface area contributed by atoms with Gasteiger partial charge >= 0.3 is 6.18 Å². The third kappa shape index (κ3) is 5.39. The fraction of sp³-hybridized carbons (Fsp3) is 0.462. The molecule has 3 heterocycles. The van der Waals surface area contributed by atoms with Crippen LogP contribution >= 0.6 is 0 Å². The molecule has 3 aromatic rings. The van der Waals surface area contributed by atoms with Gasteiger partial charge in [-0.15, -0.1) is 0 Å². The van der Waals surface area contributed by atoms with Gasteiger partial charge in [0.05, 0.1) is 16.6 Å². The van der Waals surface area contributed by atoms with Crippen LogP contribution in [-0.4, -0.2) is 71.5 Å². The third-order valence-electron chi connectivity index (χ3n) is 7.26. The van der Waals surface area contributed by atoms with E-state index in [9.17, 15) is 22.4 Å². The number of carbonyl (C=O) groups is 1. The van der Waals surface area contributed by atoms with Crippen molar-refractivity contribution in [2.24, 2.45) is 0 Å². The molecule has 0 radical (unpaired) electrons. The number of benzene rings is 2. The summed E-state index contributed by atoms with van der Waals surface area (Å²) < 4.78 is 52.3. The van der Waals surface area contributed by atoms with E-state index in [1.807, 2.05) is 6.07 Å². The highest BCUT2D eigenvalue weighted by Gasteiger charge is 2.31. The van der Waals surface area contributed by atoms with E-state index in [2.05, 4.69) is 32.3 Å². The molecule has 0 aliphatic carbocycles. The lowest BCUT2D eigenvalue weighted by Crippen LogP contribution is -2.49. The lowest BCUT2D eigenvalue weighted by Gasteiger charge is -2.34. The zero-order valence-electron chi connectivity index (χ0n) is 19.9. The molecule has 0 unspecified atom stereocenters. The second-order valence-electron chi connectivity index (χ2n) is 9.57. The molecule has 2 aliphatic heterocycles. The lowest BCUT2D eigenvalue weighted by atomic mass is 9.90. The fourth-order valence-corrected chi connectivity index (χ4v) is 5.07. The minimum Gasteiger partial charge on any atom is -0.334 e. The van der Waals surface area contributed by atoms with Crippen molar-refractivity contribution in [2.75, 3.05) is 45.8 Å². The molecule has 6 nitrogen and oxygen atoms in total. The molecule has 2 N–H and O–H groups in total. The highest BCUT2D eigenvalue weighted by atomic mass is 19.4. The molecule has 2 aliphatic rings. The molecule has 0 spiro atoms. The van der Waals surface area contributed by atoms with Crippen molar-refractivity contribution in [1.29, 1.82) is 0 Å². The van der Waals surface area contributed by atoms with Gasteiger partial charge in [0.2, 0.25) is 0 Å². The molecule has 2 aromatic carbocycles. The first kappa shape index (κ1) is 24.7. The second kappa shape index (κ2) is 10.2. The average molecular weight is 504 g/mol. The van der Waals surface area contributed by atoms with Crippen LogP contribution in [0.3, 0.4) is 0 Å². The van der Waals surface area contributed by atoms with Crippen LogP contribution < -0.4 is 5.32 Å². The lowest BCUT2D eigenvalue weighted by molar-refractivity contribution is -0.137. The Bertz CT molecular complexity index is 1230. The maximum absolute atomic E-state index is 14.1. The smallest absolute Gasteiger partial charge is 0.334 e. The number of piperazine rings is 1. The molecule has 0 saturated carbocycles. The van der Waals surface area contributed by atoms with E-state index < -0.39 is 17.6 Å². The van der Waals surface area contributed by atoms with E-state index in [4.69, 9.17) is 0 Å². The number of hydrogen-bond acceptors (Lipinski definition) is 4. The molecule has 0 atom stereocenters. The van der Waals surface area contributed by atoms with Gasteiger partial charge in [0.25, 0.3) is 5.91 Å². The molecule has 1 amide bonds. The highest BCUT2D eigenvalue weighted by molar-refractivity contribution is 5.94. The number of rotatable bonds is 5. The SMILES string of the molecule is O=C(c1nc2ccc(C3CCNCC3)cc2[nH]1)N1CCN(CCc2ccc(C(F)(F)F)cc2F)CC1. The first-order valence-electron chi connectivity index (χ1n) is 12.4. The molecule has 10 heteroatoms. The number of aromatic amines is 1. The van der Waals surface area contributed by atoms with Gasteiger partial charge in [0.15, 0.2) is 5.82 Å². The summed E-state index contributed by atoms with van der Waals surface area (Å²) in [7, 11) is 0. The van der Waals surface area contributed by atoms with Gasteiger partial charge in [0.1, 0.15) is 5.82 Å². The standard InChI is InChI=1S/C26H29F4N5O/c27-21-16-20(26(28,29)30)3-1-18(21)7-10-34-11-13-35(14-12-34)25(36)24-32-22-4-2-19(15-23(22)33-24)17-5-8-31-9-6-17/h1-4,15-17,31H,5-14H2,(H,32,33). The molecule has 192 valence electrons. The Hall–Kier alpha value is -2.98. The van der Waals surface area contributed by atoms with Gasteiger partial charge in [0, 0.05) is 32.7 Å². The summed E-state index contributed by atoms with van der Waals surface area (Å²) in [6, 6.07) is 8.85. The number of halogens is 4. The fourth-order valence-electron chi connectivity index (χ4n) is 5.07. The van der Waals surface area contributed by atoms with Gasteiger partial charge in [-0.05, 0) is 73.7 Å². The largest absolute Gasteiger partial charge is 0.416 e. The van der Waals surface area contributed by atoms with Crippen molar-refractivity contribution in [3.63, 3.8) is 0 Å². The minimum atomic E-state index is -4.56. The summed E-state index contributed by atoms with van der Waals surface area (Å²) in [5, 5.41) is 3.38. The van der Waals surface area contributed by atoms with E-state index in [0.29, 0.717) is 57.0 Å². The van der Waals surface area contributed by atoms with Crippen LogP contribution in [0.2, 0.25) is 0 Å². The number of alkyl halides is 3. The third-order valence-corrected chi connectivity index (χ3v) is 7.26. The second-order valence-corrected chi connectivity index (χ2v) is 9.57. The Kier molecular flexibility index (Phi) is 6.98. The predicted molar refractivity (Wildman–Crippen MR) is 128 cm³/mol. The number of nitrogens with one attached hydrogen (secondary N) is 2. The van der Waals surface area contributed by atoms with Gasteiger partial charge in [-0.2, -0.15) is 13.2 Å². The topological polar surface area (TPSA) is 64.3 Å². The van der Waals surface area contributed by atoms with E-state index in [-0.39, 0.29) is 11.5 Å². The zero-order chi connectivity index (χ0) is 25.3. The van der Waals surface area contributed by atoms with Crippen molar-refractivity contribution in [3.8, 4) is 0 Å². The van der Waals surface area contributed by atoms with Crippen LogP contribution in [0.5, 0.6) is 0 Å². The number of aromatic nitrogens is 2. The Morgan fingerprint density at radius 2 is 1.78 bits per heavy atom. The summed E-state index contributed by atoms with van der Waals surface area (Å²) in [4.78, 5) is 24.6. The van der Waals surface area contributed by atoms with Gasteiger partial charge in [-0.1, -0.05) is 12.1 Å².